The van der Waals surface area contributed by atoms with Crippen molar-refractivity contribution in [3.63, 3.8) is 0 Å². The number of ether oxygens (including phenoxy) is 2. The van der Waals surface area contributed by atoms with Crippen molar-refractivity contribution in [2.24, 2.45) is 0 Å². The van der Waals surface area contributed by atoms with E-state index in [2.05, 4.69) is 221 Å². The molecule has 5 nitrogen and oxygen atoms in total. The van der Waals surface area contributed by atoms with Crippen molar-refractivity contribution in [1.29, 1.82) is 0 Å². The van der Waals surface area contributed by atoms with Crippen LogP contribution in [-0.4, -0.2) is 8.07 Å². The lowest BCUT2D eigenvalue weighted by Crippen LogP contribution is -2.71. The van der Waals surface area contributed by atoms with Gasteiger partial charge in [0.1, 0.15) is 11.5 Å². The van der Waals surface area contributed by atoms with Crippen LogP contribution in [0.3, 0.4) is 0 Å². The molecule has 3 aliphatic rings. The van der Waals surface area contributed by atoms with Gasteiger partial charge in [-0.25, -0.2) is 0 Å². The summed E-state index contributed by atoms with van der Waals surface area (Å²) in [7, 11) is -2.95. The normalized spacial score (nSPS) is 13.5. The molecule has 0 N–H and O–H groups in total. The molecule has 0 radical (unpaired) electrons. The molecule has 0 spiro atoms. The first kappa shape index (κ1) is 37.0. The standard InChI is InChI=1S/C55H47N3O2Si/c1-34-8-18-40(19-9-34)56(41-20-10-35(2)11-21-41)45-28-30-47-53-51(45)59-49-32-39(6)33-50-55(49)61(53,7)54-48(58(47)44-26-16-38(5)17-27-44)31-29-46(52(54)60-50)57(42-22-12-36(3)13-23-42)43-24-14-37(4)15-25-43/h8-33H,1-7H3. The number of hydrogen-bond acceptors (Lipinski definition) is 5. The van der Waals surface area contributed by atoms with Gasteiger partial charge in [-0.15, -0.1) is 0 Å². The van der Waals surface area contributed by atoms with Crippen LogP contribution in [-0.2, 0) is 0 Å². The monoisotopic (exact) mass is 809 g/mol. The van der Waals surface area contributed by atoms with E-state index in [-0.39, 0.29) is 0 Å². The Morgan fingerprint density at radius 1 is 0.377 bits per heavy atom. The van der Waals surface area contributed by atoms with E-state index in [1.165, 1.54) is 43.4 Å². The van der Waals surface area contributed by atoms with Crippen molar-refractivity contribution in [1.82, 2.24) is 0 Å². The highest BCUT2D eigenvalue weighted by atomic mass is 28.3. The van der Waals surface area contributed by atoms with E-state index in [0.717, 1.165) is 79.7 Å². The van der Waals surface area contributed by atoms with Crippen molar-refractivity contribution >= 4 is 74.8 Å². The predicted molar refractivity (Wildman–Crippen MR) is 256 cm³/mol. The predicted octanol–water partition coefficient (Wildman–Crippen LogP) is 13.6. The molecule has 298 valence electrons. The van der Waals surface area contributed by atoms with E-state index in [4.69, 9.17) is 9.47 Å². The third kappa shape index (κ3) is 5.73. The highest BCUT2D eigenvalue weighted by Gasteiger charge is 2.56. The van der Waals surface area contributed by atoms with E-state index in [1.54, 1.807) is 0 Å². The van der Waals surface area contributed by atoms with Gasteiger partial charge in [0.15, 0.2) is 19.6 Å². The number of benzene rings is 8. The van der Waals surface area contributed by atoms with Gasteiger partial charge in [-0.1, -0.05) is 95.0 Å². The summed E-state index contributed by atoms with van der Waals surface area (Å²) in [6.45, 7) is 15.4. The van der Waals surface area contributed by atoms with Crippen LogP contribution in [0.1, 0.15) is 33.4 Å². The van der Waals surface area contributed by atoms with Gasteiger partial charge in [0.2, 0.25) is 0 Å². The summed E-state index contributed by atoms with van der Waals surface area (Å²) >= 11 is 0. The van der Waals surface area contributed by atoms with Gasteiger partial charge >= 0.3 is 0 Å². The minimum Gasteiger partial charge on any atom is -0.455 e. The highest BCUT2D eigenvalue weighted by molar-refractivity contribution is 7.14. The minimum atomic E-state index is -2.95. The fourth-order valence-corrected chi connectivity index (χ4v) is 14.4. The van der Waals surface area contributed by atoms with Gasteiger partial charge in [0.25, 0.3) is 0 Å². The second-order valence-corrected chi connectivity index (χ2v) is 21.0. The van der Waals surface area contributed by atoms with Crippen molar-refractivity contribution in [3.8, 4) is 23.0 Å². The first-order chi connectivity index (χ1) is 29.6. The molecular formula is C55H47N3O2Si. The number of anilines is 9. The summed E-state index contributed by atoms with van der Waals surface area (Å²) in [6.07, 6.45) is 0. The maximum atomic E-state index is 7.42. The number of rotatable bonds is 7. The lowest BCUT2D eigenvalue weighted by Gasteiger charge is -2.50. The van der Waals surface area contributed by atoms with E-state index in [1.807, 2.05) is 0 Å². The molecule has 0 saturated heterocycles. The highest BCUT2D eigenvalue weighted by Crippen LogP contribution is 2.55. The van der Waals surface area contributed by atoms with Crippen LogP contribution in [0.5, 0.6) is 23.0 Å². The average Bonchev–Trinajstić information content (AvgIpc) is 3.25. The molecule has 6 heteroatoms. The zero-order valence-electron chi connectivity index (χ0n) is 35.7. The fourth-order valence-electron chi connectivity index (χ4n) is 9.72. The van der Waals surface area contributed by atoms with E-state index < -0.39 is 8.07 Å². The molecule has 8 aromatic carbocycles. The number of aryl methyl sites for hydroxylation is 6. The molecular weight excluding hydrogens is 763 g/mol. The van der Waals surface area contributed by atoms with Crippen molar-refractivity contribution in [3.05, 3.63) is 191 Å². The van der Waals surface area contributed by atoms with Crippen LogP contribution >= 0.6 is 0 Å². The van der Waals surface area contributed by atoms with Gasteiger partial charge in [0.05, 0.1) is 11.4 Å². The Labute approximate surface area is 359 Å². The smallest absolute Gasteiger partial charge is 0.170 e. The summed E-state index contributed by atoms with van der Waals surface area (Å²) in [4.78, 5) is 7.18. The van der Waals surface area contributed by atoms with Gasteiger partial charge in [-0.3, -0.25) is 0 Å². The third-order valence-corrected chi connectivity index (χ3v) is 17.2. The lowest BCUT2D eigenvalue weighted by atomic mass is 10.1. The molecule has 8 aromatic rings. The van der Waals surface area contributed by atoms with Crippen LogP contribution in [0.4, 0.5) is 51.2 Å². The second kappa shape index (κ2) is 13.8. The van der Waals surface area contributed by atoms with Crippen molar-refractivity contribution < 1.29 is 9.47 Å². The molecule has 3 heterocycles. The molecule has 0 unspecified atom stereocenters. The maximum absolute atomic E-state index is 7.42. The Bertz CT molecular complexity index is 2760. The van der Waals surface area contributed by atoms with E-state index in [9.17, 15) is 0 Å². The molecule has 0 bridgehead atoms. The molecule has 0 fully saturated rings. The number of hydrogen-bond donors (Lipinski definition) is 0. The van der Waals surface area contributed by atoms with Gasteiger partial charge in [-0.05, 0) is 144 Å². The van der Waals surface area contributed by atoms with Crippen LogP contribution in [0.2, 0.25) is 6.55 Å². The summed E-state index contributed by atoms with van der Waals surface area (Å²) in [5, 5.41) is 3.69. The third-order valence-electron chi connectivity index (χ3n) is 12.8. The molecule has 61 heavy (non-hydrogen) atoms. The average molecular weight is 810 g/mol. The Kier molecular flexibility index (Phi) is 8.35. The second-order valence-electron chi connectivity index (χ2n) is 17.3. The molecule has 3 aliphatic heterocycles. The molecule has 11 rings (SSSR count). The van der Waals surface area contributed by atoms with Crippen molar-refractivity contribution in [2.45, 2.75) is 48.1 Å². The Morgan fingerprint density at radius 2 is 0.705 bits per heavy atom. The van der Waals surface area contributed by atoms with Gasteiger partial charge < -0.3 is 24.2 Å². The molecule has 0 amide bonds. The summed E-state index contributed by atoms with van der Waals surface area (Å²) in [5.41, 5.74) is 16.9. The van der Waals surface area contributed by atoms with E-state index >= 15 is 0 Å². The maximum Gasteiger partial charge on any atom is 0.170 e. The SMILES string of the molecule is Cc1ccc(N(c2ccc(C)cc2)c2ccc3c4c2Oc2cc(C)cc5c2[Si]4(C)c2c(ccc(N(c4ccc(C)cc4)c4ccc(C)cc4)c2O5)N3c2ccc(C)cc2)cc1. The first-order valence-corrected chi connectivity index (χ1v) is 23.7. The quantitative estimate of drug-likeness (QED) is 0.150. The molecule has 0 aliphatic carbocycles. The van der Waals surface area contributed by atoms with Gasteiger partial charge in [-0.2, -0.15) is 0 Å². The molecule has 0 aromatic heterocycles. The van der Waals surface area contributed by atoms with Crippen LogP contribution < -0.4 is 39.7 Å². The Hall–Kier alpha value is -7.02. The minimum absolute atomic E-state index is 0.877. The zero-order valence-corrected chi connectivity index (χ0v) is 36.7. The van der Waals surface area contributed by atoms with E-state index in [0.29, 0.717) is 0 Å². The first-order valence-electron chi connectivity index (χ1n) is 21.2. The summed E-state index contributed by atoms with van der Waals surface area (Å²) in [6, 6.07) is 57.8. The molecule has 0 saturated carbocycles. The van der Waals surface area contributed by atoms with Crippen LogP contribution in [0.15, 0.2) is 158 Å². The van der Waals surface area contributed by atoms with Crippen LogP contribution in [0.25, 0.3) is 0 Å². The Balaban J connectivity index is 1.25. The van der Waals surface area contributed by atoms with Crippen molar-refractivity contribution in [2.75, 3.05) is 14.7 Å². The van der Waals surface area contributed by atoms with Gasteiger partial charge in [0, 0.05) is 55.4 Å². The zero-order chi connectivity index (χ0) is 41.7. The van der Waals surface area contributed by atoms with Crippen LogP contribution in [0, 0.1) is 41.5 Å². The Morgan fingerprint density at radius 3 is 1.05 bits per heavy atom. The number of nitrogens with zero attached hydrogens (tertiary/aromatic N) is 3. The fraction of sp³-hybridized carbons (Fsp3) is 0.127. The summed E-state index contributed by atoms with van der Waals surface area (Å²) < 4.78 is 14.8. The topological polar surface area (TPSA) is 28.2 Å². The molecule has 0 atom stereocenters. The largest absolute Gasteiger partial charge is 0.455 e. The summed E-state index contributed by atoms with van der Waals surface area (Å²) in [5.74, 6) is 3.55. The lowest BCUT2D eigenvalue weighted by molar-refractivity contribution is 0.463.